The Bertz CT molecular complexity index is 876. The van der Waals surface area contributed by atoms with E-state index in [0.717, 1.165) is 18.2 Å². The van der Waals surface area contributed by atoms with Crippen molar-refractivity contribution in [3.05, 3.63) is 71.3 Å². The maximum Gasteiger partial charge on any atom is 0.335 e. The number of amides is 4. The van der Waals surface area contributed by atoms with Crippen molar-refractivity contribution in [2.75, 3.05) is 4.90 Å². The molecular weight excluding hydrogens is 318 g/mol. The van der Waals surface area contributed by atoms with Gasteiger partial charge in [0.05, 0.1) is 5.69 Å². The number of barbiturate groups is 1. The van der Waals surface area contributed by atoms with Crippen LogP contribution in [0.4, 0.5) is 19.3 Å². The molecule has 0 aromatic heterocycles. The summed E-state index contributed by atoms with van der Waals surface area (Å²) in [4.78, 5) is 37.1. The minimum absolute atomic E-state index is 0.108. The normalized spacial score (nSPS) is 16.5. The van der Waals surface area contributed by atoms with Gasteiger partial charge in [-0.2, -0.15) is 0 Å². The monoisotopic (exact) mass is 328 g/mol. The summed E-state index contributed by atoms with van der Waals surface area (Å²) in [5, 5.41) is 2.03. The topological polar surface area (TPSA) is 66.5 Å². The molecule has 1 N–H and O–H groups in total. The van der Waals surface area contributed by atoms with E-state index in [0.29, 0.717) is 10.5 Å². The number of carbonyl (C=O) groups is 3. The molecule has 120 valence electrons. The largest absolute Gasteiger partial charge is 0.335 e. The highest BCUT2D eigenvalue weighted by molar-refractivity contribution is 6.39. The van der Waals surface area contributed by atoms with Crippen LogP contribution in [0.2, 0.25) is 0 Å². The lowest BCUT2D eigenvalue weighted by atomic mass is 10.1. The van der Waals surface area contributed by atoms with Gasteiger partial charge in [0.1, 0.15) is 17.2 Å². The Morgan fingerprint density at radius 3 is 2.29 bits per heavy atom. The van der Waals surface area contributed by atoms with E-state index in [1.165, 1.54) is 36.4 Å². The number of nitrogens with one attached hydrogen (secondary N) is 1. The number of hydrogen-bond donors (Lipinski definition) is 1. The number of carbonyl (C=O) groups excluding carboxylic acids is 3. The summed E-state index contributed by atoms with van der Waals surface area (Å²) >= 11 is 0. The zero-order valence-corrected chi connectivity index (χ0v) is 12.1. The summed E-state index contributed by atoms with van der Waals surface area (Å²) in [5.41, 5.74) is 0.0722. The average molecular weight is 328 g/mol. The fourth-order valence-corrected chi connectivity index (χ4v) is 2.25. The molecule has 2 aromatic rings. The van der Waals surface area contributed by atoms with Crippen molar-refractivity contribution in [2.45, 2.75) is 0 Å². The first-order valence-electron chi connectivity index (χ1n) is 6.88. The Hall–Kier alpha value is -3.35. The molecule has 1 aliphatic rings. The van der Waals surface area contributed by atoms with Crippen LogP contribution in [0.3, 0.4) is 0 Å². The molecule has 0 bridgehead atoms. The zero-order chi connectivity index (χ0) is 17.3. The van der Waals surface area contributed by atoms with Gasteiger partial charge in [-0.25, -0.2) is 18.5 Å². The summed E-state index contributed by atoms with van der Waals surface area (Å²) in [5.74, 6) is -2.82. The van der Waals surface area contributed by atoms with Crippen LogP contribution in [0.1, 0.15) is 5.56 Å². The van der Waals surface area contributed by atoms with Crippen molar-refractivity contribution < 1.29 is 23.2 Å². The number of anilines is 1. The summed E-state index contributed by atoms with van der Waals surface area (Å²) in [6, 6.07) is 9.01. The fraction of sp³-hybridized carbons (Fsp3) is 0. The minimum atomic E-state index is -0.937. The van der Waals surface area contributed by atoms with Gasteiger partial charge in [-0.05, 0) is 48.0 Å². The van der Waals surface area contributed by atoms with Crippen molar-refractivity contribution in [2.24, 2.45) is 0 Å². The molecule has 3 rings (SSSR count). The highest BCUT2D eigenvalue weighted by Gasteiger charge is 2.36. The number of nitrogens with zero attached hydrogens (tertiary/aromatic N) is 1. The van der Waals surface area contributed by atoms with Crippen molar-refractivity contribution in [3.8, 4) is 0 Å². The molecule has 0 spiro atoms. The van der Waals surface area contributed by atoms with Gasteiger partial charge >= 0.3 is 6.03 Å². The van der Waals surface area contributed by atoms with E-state index in [9.17, 15) is 23.2 Å². The molecule has 24 heavy (non-hydrogen) atoms. The molecule has 0 atom stereocenters. The van der Waals surface area contributed by atoms with E-state index in [1.54, 1.807) is 0 Å². The van der Waals surface area contributed by atoms with Crippen molar-refractivity contribution in [1.82, 2.24) is 5.32 Å². The number of halogens is 2. The zero-order valence-electron chi connectivity index (χ0n) is 12.1. The maximum absolute atomic E-state index is 13.2. The van der Waals surface area contributed by atoms with Gasteiger partial charge in [-0.3, -0.25) is 14.9 Å². The van der Waals surface area contributed by atoms with Crippen LogP contribution >= 0.6 is 0 Å². The van der Waals surface area contributed by atoms with Crippen LogP contribution in [-0.4, -0.2) is 17.8 Å². The Labute approximate surface area is 135 Å². The van der Waals surface area contributed by atoms with Crippen LogP contribution in [0.15, 0.2) is 54.1 Å². The summed E-state index contributed by atoms with van der Waals surface area (Å²) in [7, 11) is 0. The Kier molecular flexibility index (Phi) is 3.91. The number of hydrogen-bond acceptors (Lipinski definition) is 3. The van der Waals surface area contributed by atoms with E-state index < -0.39 is 29.5 Å². The molecule has 1 fully saturated rings. The Balaban J connectivity index is 2.01. The van der Waals surface area contributed by atoms with E-state index in [4.69, 9.17) is 0 Å². The summed E-state index contributed by atoms with van der Waals surface area (Å²) < 4.78 is 26.2. The fourth-order valence-electron chi connectivity index (χ4n) is 2.25. The first-order chi connectivity index (χ1) is 11.5. The summed E-state index contributed by atoms with van der Waals surface area (Å²) in [6.07, 6.45) is 1.18. The van der Waals surface area contributed by atoms with E-state index in [-0.39, 0.29) is 11.3 Å². The van der Waals surface area contributed by atoms with Crippen LogP contribution in [-0.2, 0) is 9.59 Å². The highest BCUT2D eigenvalue weighted by Crippen LogP contribution is 2.22. The lowest BCUT2D eigenvalue weighted by Crippen LogP contribution is -2.54. The van der Waals surface area contributed by atoms with Gasteiger partial charge in [-0.15, -0.1) is 0 Å². The maximum atomic E-state index is 13.2. The van der Waals surface area contributed by atoms with Gasteiger partial charge in [0.15, 0.2) is 0 Å². The minimum Gasteiger partial charge on any atom is -0.273 e. The molecule has 2 aromatic carbocycles. The number of imide groups is 2. The van der Waals surface area contributed by atoms with E-state index >= 15 is 0 Å². The summed E-state index contributed by atoms with van der Waals surface area (Å²) in [6.45, 7) is 0. The number of urea groups is 1. The number of benzene rings is 2. The lowest BCUT2D eigenvalue weighted by Gasteiger charge is -2.26. The van der Waals surface area contributed by atoms with E-state index in [1.807, 2.05) is 5.32 Å². The predicted molar refractivity (Wildman–Crippen MR) is 81.8 cm³/mol. The van der Waals surface area contributed by atoms with Crippen LogP contribution < -0.4 is 10.2 Å². The van der Waals surface area contributed by atoms with Crippen molar-refractivity contribution in [1.29, 1.82) is 0 Å². The van der Waals surface area contributed by atoms with Crippen LogP contribution in [0, 0.1) is 11.6 Å². The van der Waals surface area contributed by atoms with Gasteiger partial charge in [0.2, 0.25) is 0 Å². The molecule has 4 amide bonds. The van der Waals surface area contributed by atoms with Gasteiger partial charge in [0.25, 0.3) is 11.8 Å². The quantitative estimate of drug-likeness (QED) is 0.681. The lowest BCUT2D eigenvalue weighted by molar-refractivity contribution is -0.122. The van der Waals surface area contributed by atoms with E-state index in [2.05, 4.69) is 0 Å². The molecule has 1 aliphatic heterocycles. The van der Waals surface area contributed by atoms with Gasteiger partial charge < -0.3 is 0 Å². The second kappa shape index (κ2) is 6.04. The molecule has 0 aliphatic carbocycles. The van der Waals surface area contributed by atoms with Crippen molar-refractivity contribution in [3.63, 3.8) is 0 Å². The standard InChI is InChI=1S/C17H10F2N2O3/c18-11-4-6-13(7-5-11)21-16(23)14(15(22)20-17(21)24)9-10-2-1-3-12(19)8-10/h1-9H,(H,20,22,24)/b14-9+. The molecule has 1 heterocycles. The first kappa shape index (κ1) is 15.5. The smallest absolute Gasteiger partial charge is 0.273 e. The highest BCUT2D eigenvalue weighted by atomic mass is 19.1. The molecule has 0 saturated carbocycles. The van der Waals surface area contributed by atoms with Gasteiger partial charge in [0, 0.05) is 0 Å². The third-order valence-electron chi connectivity index (χ3n) is 3.35. The Morgan fingerprint density at radius 2 is 1.62 bits per heavy atom. The van der Waals surface area contributed by atoms with Gasteiger partial charge in [-0.1, -0.05) is 12.1 Å². The molecule has 0 radical (unpaired) electrons. The second-order valence-corrected chi connectivity index (χ2v) is 4.99. The van der Waals surface area contributed by atoms with Crippen LogP contribution in [0.25, 0.3) is 6.08 Å². The predicted octanol–water partition coefficient (Wildman–Crippen LogP) is 2.63. The second-order valence-electron chi connectivity index (χ2n) is 4.99. The molecule has 7 heteroatoms. The Morgan fingerprint density at radius 1 is 0.917 bits per heavy atom. The average Bonchev–Trinajstić information content (AvgIpc) is 2.53. The third kappa shape index (κ3) is 2.91. The number of rotatable bonds is 2. The molecular formula is C17H10F2N2O3. The third-order valence-corrected chi connectivity index (χ3v) is 3.35. The van der Waals surface area contributed by atoms with Crippen LogP contribution in [0.5, 0.6) is 0 Å². The SMILES string of the molecule is O=C1NC(=O)N(c2ccc(F)cc2)C(=O)/C1=C/c1cccc(F)c1. The molecule has 0 unspecified atom stereocenters. The van der Waals surface area contributed by atoms with Crippen molar-refractivity contribution >= 4 is 29.6 Å². The first-order valence-corrected chi connectivity index (χ1v) is 6.88. The molecule has 1 saturated heterocycles. The molecule has 5 nitrogen and oxygen atoms in total.